The van der Waals surface area contributed by atoms with Gasteiger partial charge in [0.2, 0.25) is 0 Å². The van der Waals surface area contributed by atoms with E-state index >= 15 is 0 Å². The standard InChI is InChI=1S/C31H34N6O3/c1-20-13-23(14-24-18-40-19-25-17-35(2)7-8-37(25)29(20)24)28-15-26-27(16-32-30(26)34-33-28)21-3-5-22(6-4-21)31(38)36-9-11-39-12-10-36/h3-6,13-16,25H,7-12,17-19H2,1-2H3,(H,32,34)/t25-/m0/s1. The minimum atomic E-state index is 0.0485. The van der Waals surface area contributed by atoms with Gasteiger partial charge in [0.1, 0.15) is 0 Å². The summed E-state index contributed by atoms with van der Waals surface area (Å²) in [5, 5.41) is 10.1. The van der Waals surface area contributed by atoms with Crippen LogP contribution in [0.25, 0.3) is 33.4 Å². The molecule has 9 nitrogen and oxygen atoms in total. The van der Waals surface area contributed by atoms with E-state index < -0.39 is 0 Å². The third-order valence-corrected chi connectivity index (χ3v) is 8.39. The lowest BCUT2D eigenvalue weighted by atomic mass is 9.98. The smallest absolute Gasteiger partial charge is 0.254 e. The van der Waals surface area contributed by atoms with Crippen LogP contribution in [0.1, 0.15) is 21.5 Å². The number of rotatable bonds is 3. The lowest BCUT2D eigenvalue weighted by molar-refractivity contribution is 0.0303. The molecule has 1 N–H and O–H groups in total. The molecule has 206 valence electrons. The molecular weight excluding hydrogens is 504 g/mol. The molecule has 7 rings (SSSR count). The zero-order chi connectivity index (χ0) is 27.2. The number of morpholine rings is 1. The molecule has 2 saturated heterocycles. The second-order valence-corrected chi connectivity index (χ2v) is 11.1. The average Bonchev–Trinajstić information content (AvgIpc) is 3.32. The number of benzene rings is 2. The summed E-state index contributed by atoms with van der Waals surface area (Å²) in [6.45, 7) is 9.06. The monoisotopic (exact) mass is 538 g/mol. The van der Waals surface area contributed by atoms with Gasteiger partial charge in [-0.3, -0.25) is 4.79 Å². The van der Waals surface area contributed by atoms with Gasteiger partial charge in [0.25, 0.3) is 5.91 Å². The normalized spacial score (nSPS) is 19.8. The molecule has 0 bridgehead atoms. The fourth-order valence-electron chi connectivity index (χ4n) is 6.32. The number of H-pyrrole nitrogens is 1. The molecule has 9 heteroatoms. The predicted octanol–water partition coefficient (Wildman–Crippen LogP) is 3.72. The molecule has 0 unspecified atom stereocenters. The minimum absolute atomic E-state index is 0.0485. The number of aryl methyl sites for hydroxylation is 1. The molecule has 2 aromatic heterocycles. The fraction of sp³-hybridized carbons (Fsp3) is 0.387. The number of hydrogen-bond acceptors (Lipinski definition) is 7. The van der Waals surface area contributed by atoms with E-state index in [0.717, 1.165) is 59.7 Å². The Balaban J connectivity index is 1.20. The Morgan fingerprint density at radius 1 is 0.975 bits per heavy atom. The number of hydrogen-bond donors (Lipinski definition) is 1. The molecule has 2 aromatic carbocycles. The van der Waals surface area contributed by atoms with Gasteiger partial charge in [0, 0.05) is 72.2 Å². The molecule has 5 heterocycles. The molecule has 0 spiro atoms. The molecule has 4 aromatic rings. The van der Waals surface area contributed by atoms with Crippen molar-refractivity contribution in [1.82, 2.24) is 25.0 Å². The van der Waals surface area contributed by atoms with Gasteiger partial charge in [-0.2, -0.15) is 0 Å². The number of nitrogens with one attached hydrogen (secondary N) is 1. The summed E-state index contributed by atoms with van der Waals surface area (Å²) in [4.78, 5) is 22.9. The Bertz CT molecular complexity index is 1560. The number of ether oxygens (including phenoxy) is 2. The highest BCUT2D eigenvalue weighted by molar-refractivity contribution is 5.97. The maximum atomic E-state index is 12.9. The van der Waals surface area contributed by atoms with E-state index in [1.165, 1.54) is 16.8 Å². The summed E-state index contributed by atoms with van der Waals surface area (Å²) < 4.78 is 11.5. The van der Waals surface area contributed by atoms with Crippen molar-refractivity contribution in [2.24, 2.45) is 0 Å². The lowest BCUT2D eigenvalue weighted by Crippen LogP contribution is -2.53. The van der Waals surface area contributed by atoms with Gasteiger partial charge in [-0.05, 0) is 55.4 Å². The van der Waals surface area contributed by atoms with Gasteiger partial charge in [-0.15, -0.1) is 10.2 Å². The zero-order valence-corrected chi connectivity index (χ0v) is 23.0. The zero-order valence-electron chi connectivity index (χ0n) is 23.0. The van der Waals surface area contributed by atoms with Gasteiger partial charge < -0.3 is 29.2 Å². The Labute approximate surface area is 233 Å². The Morgan fingerprint density at radius 3 is 2.62 bits per heavy atom. The number of aromatic amines is 1. The number of fused-ring (bicyclic) bond motifs is 4. The van der Waals surface area contributed by atoms with E-state index in [9.17, 15) is 4.79 Å². The van der Waals surface area contributed by atoms with Crippen molar-refractivity contribution in [3.8, 4) is 22.4 Å². The van der Waals surface area contributed by atoms with Gasteiger partial charge in [-0.1, -0.05) is 12.1 Å². The second-order valence-electron chi connectivity index (χ2n) is 11.1. The summed E-state index contributed by atoms with van der Waals surface area (Å²) >= 11 is 0. The number of aromatic nitrogens is 3. The lowest BCUT2D eigenvalue weighted by Gasteiger charge is -2.41. The van der Waals surface area contributed by atoms with Crippen molar-refractivity contribution >= 4 is 22.6 Å². The summed E-state index contributed by atoms with van der Waals surface area (Å²) in [7, 11) is 2.18. The highest BCUT2D eigenvalue weighted by Crippen LogP contribution is 2.37. The van der Waals surface area contributed by atoms with Crippen LogP contribution >= 0.6 is 0 Å². The van der Waals surface area contributed by atoms with Crippen molar-refractivity contribution in [1.29, 1.82) is 0 Å². The van der Waals surface area contributed by atoms with Gasteiger partial charge in [0.05, 0.1) is 38.2 Å². The van der Waals surface area contributed by atoms with Crippen LogP contribution in [0.4, 0.5) is 5.69 Å². The van der Waals surface area contributed by atoms with E-state index in [-0.39, 0.29) is 5.91 Å². The first-order chi connectivity index (χ1) is 19.5. The van der Waals surface area contributed by atoms with Crippen molar-refractivity contribution in [2.45, 2.75) is 19.6 Å². The number of carbonyl (C=O) groups is 1. The summed E-state index contributed by atoms with van der Waals surface area (Å²) in [6.07, 6.45) is 1.96. The van der Waals surface area contributed by atoms with Crippen LogP contribution in [-0.4, -0.2) is 96.5 Å². The molecular formula is C31H34N6O3. The van der Waals surface area contributed by atoms with E-state index in [1.54, 1.807) is 0 Å². The Hall–Kier alpha value is -3.79. The first kappa shape index (κ1) is 25.2. The van der Waals surface area contributed by atoms with E-state index in [2.05, 4.69) is 57.2 Å². The molecule has 1 atom stereocenters. The number of carbonyl (C=O) groups excluding carboxylic acids is 1. The second kappa shape index (κ2) is 10.3. The van der Waals surface area contributed by atoms with Gasteiger partial charge in [-0.25, -0.2) is 0 Å². The first-order valence-corrected chi connectivity index (χ1v) is 14.0. The number of amides is 1. The minimum Gasteiger partial charge on any atom is -0.378 e. The largest absolute Gasteiger partial charge is 0.378 e. The van der Waals surface area contributed by atoms with Crippen LogP contribution < -0.4 is 4.90 Å². The van der Waals surface area contributed by atoms with Gasteiger partial charge in [0.15, 0.2) is 5.65 Å². The first-order valence-electron chi connectivity index (χ1n) is 14.0. The predicted molar refractivity (Wildman–Crippen MR) is 155 cm³/mol. The highest BCUT2D eigenvalue weighted by Gasteiger charge is 2.31. The topological polar surface area (TPSA) is 86.8 Å². The number of likely N-dealkylation sites (N-methyl/N-ethyl adjacent to an activating group) is 1. The van der Waals surface area contributed by atoms with E-state index in [1.807, 2.05) is 35.4 Å². The van der Waals surface area contributed by atoms with Crippen molar-refractivity contribution in [3.05, 3.63) is 65.4 Å². The number of anilines is 1. The summed E-state index contributed by atoms with van der Waals surface area (Å²) in [5.74, 6) is 0.0485. The van der Waals surface area contributed by atoms with Crippen molar-refractivity contribution in [2.75, 3.05) is 64.5 Å². The molecule has 0 aliphatic carbocycles. The highest BCUT2D eigenvalue weighted by atomic mass is 16.5. The maximum Gasteiger partial charge on any atom is 0.254 e. The van der Waals surface area contributed by atoms with Crippen LogP contribution in [0.5, 0.6) is 0 Å². The number of nitrogens with zero attached hydrogens (tertiary/aromatic N) is 5. The average molecular weight is 539 g/mol. The molecule has 1 amide bonds. The van der Waals surface area contributed by atoms with Crippen molar-refractivity contribution in [3.63, 3.8) is 0 Å². The maximum absolute atomic E-state index is 12.9. The van der Waals surface area contributed by atoms with Crippen molar-refractivity contribution < 1.29 is 14.3 Å². The molecule has 40 heavy (non-hydrogen) atoms. The molecule has 0 saturated carbocycles. The number of piperazine rings is 1. The van der Waals surface area contributed by atoms with Crippen LogP contribution in [0.2, 0.25) is 0 Å². The Morgan fingerprint density at radius 2 is 1.80 bits per heavy atom. The SMILES string of the molecule is Cc1cc(-c2cc3c(-c4ccc(C(=O)N5CCOCC5)cc4)c[nH]c3nn2)cc2c1N1CCN(C)C[C@H]1COC2. The summed E-state index contributed by atoms with van der Waals surface area (Å²) in [5.41, 5.74) is 9.12. The quantitative estimate of drug-likeness (QED) is 0.426. The van der Waals surface area contributed by atoms with Crippen LogP contribution in [-0.2, 0) is 16.1 Å². The van der Waals surface area contributed by atoms with Crippen LogP contribution in [0, 0.1) is 6.92 Å². The third kappa shape index (κ3) is 4.54. The third-order valence-electron chi connectivity index (χ3n) is 8.39. The molecule has 3 aliphatic heterocycles. The molecule has 2 fully saturated rings. The Kier molecular flexibility index (Phi) is 6.50. The molecule has 3 aliphatic rings. The fourth-order valence-corrected chi connectivity index (χ4v) is 6.32. The summed E-state index contributed by atoms with van der Waals surface area (Å²) in [6, 6.07) is 14.8. The molecule has 0 radical (unpaired) electrons. The van der Waals surface area contributed by atoms with Crippen LogP contribution in [0.15, 0.2) is 48.7 Å². The van der Waals surface area contributed by atoms with Gasteiger partial charge >= 0.3 is 0 Å². The van der Waals surface area contributed by atoms with Crippen LogP contribution in [0.3, 0.4) is 0 Å². The van der Waals surface area contributed by atoms with E-state index in [0.29, 0.717) is 44.5 Å². The van der Waals surface area contributed by atoms with E-state index in [4.69, 9.17) is 9.47 Å².